The van der Waals surface area contributed by atoms with Gasteiger partial charge >= 0.3 is 12.1 Å². The van der Waals surface area contributed by atoms with Gasteiger partial charge in [0.2, 0.25) is 0 Å². The normalized spacial score (nSPS) is 12.4. The van der Waals surface area contributed by atoms with Crippen molar-refractivity contribution in [2.45, 2.75) is 52.2 Å². The Morgan fingerprint density at radius 3 is 2.38 bits per heavy atom. The van der Waals surface area contributed by atoms with Crippen molar-refractivity contribution in [1.82, 2.24) is 5.32 Å². The Hall–Kier alpha value is -2.08. The van der Waals surface area contributed by atoms with E-state index in [2.05, 4.69) is 5.32 Å². The minimum atomic E-state index is -0.513. The number of benzene rings is 1. The summed E-state index contributed by atoms with van der Waals surface area (Å²) < 4.78 is 10.1. The highest BCUT2D eigenvalue weighted by Gasteiger charge is 2.16. The topological polar surface area (TPSA) is 90.6 Å². The largest absolute Gasteiger partial charge is 0.466 e. The molecular formula is C18H28N2O4. The second-order valence-corrected chi connectivity index (χ2v) is 6.55. The number of hydrogen-bond acceptors (Lipinski definition) is 5. The Morgan fingerprint density at radius 1 is 1.21 bits per heavy atom. The number of esters is 1. The Morgan fingerprint density at radius 2 is 1.83 bits per heavy atom. The first-order chi connectivity index (χ1) is 11.2. The van der Waals surface area contributed by atoms with Gasteiger partial charge in [-0.05, 0) is 45.2 Å². The fourth-order valence-electron chi connectivity index (χ4n) is 2.07. The number of alkyl carbamates (subject to hydrolysis) is 1. The molecule has 0 fully saturated rings. The lowest BCUT2D eigenvalue weighted by atomic mass is 10.0. The molecule has 6 heteroatoms. The van der Waals surface area contributed by atoms with Gasteiger partial charge in [0.15, 0.2) is 0 Å². The summed E-state index contributed by atoms with van der Waals surface area (Å²) in [5.74, 6) is -0.240. The summed E-state index contributed by atoms with van der Waals surface area (Å²) in [6.07, 6.45) is 0.402. The Bertz CT molecular complexity index is 535. The molecule has 1 aromatic rings. The van der Waals surface area contributed by atoms with E-state index in [0.717, 1.165) is 11.1 Å². The van der Waals surface area contributed by atoms with Crippen LogP contribution in [-0.4, -0.2) is 30.8 Å². The van der Waals surface area contributed by atoms with Crippen LogP contribution < -0.4 is 11.1 Å². The molecule has 0 saturated heterocycles. The highest BCUT2D eigenvalue weighted by atomic mass is 16.6. The molecular weight excluding hydrogens is 308 g/mol. The highest BCUT2D eigenvalue weighted by Crippen LogP contribution is 2.15. The number of nitrogens with two attached hydrogens (primary N) is 1. The van der Waals surface area contributed by atoms with Gasteiger partial charge in [0.05, 0.1) is 13.0 Å². The molecule has 1 unspecified atom stereocenters. The van der Waals surface area contributed by atoms with Crippen molar-refractivity contribution in [2.75, 3.05) is 13.2 Å². The van der Waals surface area contributed by atoms with E-state index >= 15 is 0 Å². The lowest BCUT2D eigenvalue weighted by Gasteiger charge is -2.20. The van der Waals surface area contributed by atoms with E-state index in [1.54, 1.807) is 6.92 Å². The summed E-state index contributed by atoms with van der Waals surface area (Å²) in [5, 5.41) is 2.69. The minimum absolute atomic E-state index is 0.198. The lowest BCUT2D eigenvalue weighted by Crippen LogP contribution is -2.33. The first kappa shape index (κ1) is 20.0. The van der Waals surface area contributed by atoms with E-state index in [9.17, 15) is 9.59 Å². The van der Waals surface area contributed by atoms with Crippen LogP contribution in [0.15, 0.2) is 24.3 Å². The number of hydrogen-bond donors (Lipinski definition) is 2. The third-order valence-electron chi connectivity index (χ3n) is 3.19. The number of rotatable bonds is 7. The second-order valence-electron chi connectivity index (χ2n) is 6.55. The van der Waals surface area contributed by atoms with Crippen molar-refractivity contribution in [3.05, 3.63) is 35.4 Å². The highest BCUT2D eigenvalue weighted by molar-refractivity contribution is 5.72. The molecule has 0 aromatic heterocycles. The third kappa shape index (κ3) is 7.97. The maximum Gasteiger partial charge on any atom is 0.407 e. The standard InChI is InChI=1S/C18H28N2O4/c1-5-23-16(21)12-13-6-8-14(9-7-13)15(19)10-11-20-17(22)24-18(2,3)4/h6-9,15H,5,10-12,19H2,1-4H3,(H,20,22). The predicted molar refractivity (Wildman–Crippen MR) is 92.6 cm³/mol. The molecule has 1 aromatic carbocycles. The first-order valence-corrected chi connectivity index (χ1v) is 8.18. The van der Waals surface area contributed by atoms with Crippen molar-refractivity contribution < 1.29 is 19.1 Å². The van der Waals surface area contributed by atoms with Crippen LogP contribution in [0.1, 0.15) is 51.3 Å². The molecule has 0 aliphatic carbocycles. The fraction of sp³-hybridized carbons (Fsp3) is 0.556. The SMILES string of the molecule is CCOC(=O)Cc1ccc(C(N)CCNC(=O)OC(C)(C)C)cc1. The van der Waals surface area contributed by atoms with Gasteiger partial charge in [-0.2, -0.15) is 0 Å². The average molecular weight is 336 g/mol. The molecule has 24 heavy (non-hydrogen) atoms. The summed E-state index contributed by atoms with van der Waals surface area (Å²) in [4.78, 5) is 23.0. The zero-order valence-electron chi connectivity index (χ0n) is 14.9. The van der Waals surface area contributed by atoms with E-state index in [0.29, 0.717) is 19.6 Å². The zero-order valence-corrected chi connectivity index (χ0v) is 14.9. The predicted octanol–water partition coefficient (Wildman–Crippen LogP) is 2.71. The summed E-state index contributed by atoms with van der Waals surface area (Å²) >= 11 is 0. The Kier molecular flexibility index (Phi) is 7.71. The summed E-state index contributed by atoms with van der Waals surface area (Å²) in [6.45, 7) is 8.04. The summed E-state index contributed by atoms with van der Waals surface area (Å²) in [5.41, 5.74) is 7.45. The van der Waals surface area contributed by atoms with Crippen molar-refractivity contribution in [2.24, 2.45) is 5.73 Å². The monoisotopic (exact) mass is 336 g/mol. The summed E-state index contributed by atoms with van der Waals surface area (Å²) in [7, 11) is 0. The van der Waals surface area contributed by atoms with Gasteiger partial charge < -0.3 is 20.5 Å². The van der Waals surface area contributed by atoms with Crippen molar-refractivity contribution in [3.63, 3.8) is 0 Å². The van der Waals surface area contributed by atoms with Crippen molar-refractivity contribution >= 4 is 12.1 Å². The number of nitrogens with one attached hydrogen (secondary N) is 1. The van der Waals surface area contributed by atoms with Crippen LogP contribution in [0.5, 0.6) is 0 Å². The number of ether oxygens (including phenoxy) is 2. The van der Waals surface area contributed by atoms with E-state index in [1.165, 1.54) is 0 Å². The van der Waals surface area contributed by atoms with Gasteiger partial charge in [0.1, 0.15) is 5.60 Å². The number of carbonyl (C=O) groups is 2. The van der Waals surface area contributed by atoms with Crippen LogP contribution in [0.25, 0.3) is 0 Å². The molecule has 1 atom stereocenters. The smallest absolute Gasteiger partial charge is 0.407 e. The third-order valence-corrected chi connectivity index (χ3v) is 3.19. The summed E-state index contributed by atoms with van der Waals surface area (Å²) in [6, 6.07) is 7.33. The van der Waals surface area contributed by atoms with Crippen LogP contribution in [0.4, 0.5) is 4.79 Å². The molecule has 1 amide bonds. The first-order valence-electron chi connectivity index (χ1n) is 8.18. The molecule has 0 aliphatic heterocycles. The van der Waals surface area contributed by atoms with Crippen molar-refractivity contribution in [3.8, 4) is 0 Å². The van der Waals surface area contributed by atoms with E-state index < -0.39 is 11.7 Å². The quantitative estimate of drug-likeness (QED) is 0.747. The van der Waals surface area contributed by atoms with Crippen LogP contribution in [-0.2, 0) is 20.7 Å². The molecule has 3 N–H and O–H groups in total. The van der Waals surface area contributed by atoms with Gasteiger partial charge in [-0.1, -0.05) is 24.3 Å². The van der Waals surface area contributed by atoms with Gasteiger partial charge in [0, 0.05) is 12.6 Å². The zero-order chi connectivity index (χ0) is 18.2. The number of carbonyl (C=O) groups excluding carboxylic acids is 2. The molecule has 0 spiro atoms. The average Bonchev–Trinajstić information content (AvgIpc) is 2.46. The van der Waals surface area contributed by atoms with Gasteiger partial charge in [-0.3, -0.25) is 4.79 Å². The molecule has 134 valence electrons. The minimum Gasteiger partial charge on any atom is -0.466 e. The Balaban J connectivity index is 2.41. The van der Waals surface area contributed by atoms with Crippen LogP contribution >= 0.6 is 0 Å². The maximum atomic E-state index is 11.6. The number of amides is 1. The molecule has 1 rings (SSSR count). The van der Waals surface area contributed by atoms with Gasteiger partial charge in [-0.25, -0.2) is 4.79 Å². The van der Waals surface area contributed by atoms with E-state index in [-0.39, 0.29) is 18.4 Å². The second kappa shape index (κ2) is 9.27. The lowest BCUT2D eigenvalue weighted by molar-refractivity contribution is -0.142. The Labute approximate surface area is 143 Å². The van der Waals surface area contributed by atoms with Gasteiger partial charge in [0.25, 0.3) is 0 Å². The van der Waals surface area contributed by atoms with E-state index in [1.807, 2.05) is 45.0 Å². The van der Waals surface area contributed by atoms with Crippen LogP contribution in [0, 0.1) is 0 Å². The molecule has 6 nitrogen and oxygen atoms in total. The van der Waals surface area contributed by atoms with Crippen LogP contribution in [0.3, 0.4) is 0 Å². The van der Waals surface area contributed by atoms with Gasteiger partial charge in [-0.15, -0.1) is 0 Å². The molecule has 0 bridgehead atoms. The molecule has 0 saturated carbocycles. The molecule has 0 aliphatic rings. The van der Waals surface area contributed by atoms with E-state index in [4.69, 9.17) is 15.2 Å². The maximum absolute atomic E-state index is 11.6. The molecule has 0 heterocycles. The van der Waals surface area contributed by atoms with Crippen molar-refractivity contribution in [1.29, 1.82) is 0 Å². The molecule has 0 radical (unpaired) electrons. The van der Waals surface area contributed by atoms with Crippen LogP contribution in [0.2, 0.25) is 0 Å². The fourth-order valence-corrected chi connectivity index (χ4v) is 2.07.